The maximum absolute atomic E-state index is 5.64. The van der Waals surface area contributed by atoms with Crippen molar-refractivity contribution in [1.29, 1.82) is 0 Å². The summed E-state index contributed by atoms with van der Waals surface area (Å²) in [5.41, 5.74) is 0.188. The van der Waals surface area contributed by atoms with E-state index in [1.54, 1.807) is 0 Å². The Bertz CT molecular complexity index is 253. The summed E-state index contributed by atoms with van der Waals surface area (Å²) in [6.45, 7) is 4.12. The van der Waals surface area contributed by atoms with Gasteiger partial charge in [-0.2, -0.15) is 0 Å². The Labute approximate surface area is 132 Å². The molecule has 0 spiro atoms. The van der Waals surface area contributed by atoms with Gasteiger partial charge >= 0.3 is 0 Å². The van der Waals surface area contributed by atoms with E-state index < -0.39 is 0 Å². The number of methoxy groups -OCH3 is 2. The molecule has 0 saturated heterocycles. The van der Waals surface area contributed by atoms with Gasteiger partial charge in [0.05, 0.1) is 13.2 Å². The zero-order valence-corrected chi connectivity index (χ0v) is 14.5. The molecule has 0 aromatic carbocycles. The van der Waals surface area contributed by atoms with Crippen LogP contribution in [0, 0.1) is 23.2 Å². The van der Waals surface area contributed by atoms with Crippen molar-refractivity contribution in [2.75, 3.05) is 27.4 Å². The van der Waals surface area contributed by atoms with Crippen molar-refractivity contribution < 1.29 is 9.47 Å². The van der Waals surface area contributed by atoms with E-state index in [1.807, 2.05) is 14.2 Å². The highest BCUT2D eigenvalue weighted by Gasteiger charge is 2.44. The first-order valence-corrected chi connectivity index (χ1v) is 9.19. The number of hydrogen-bond donors (Lipinski definition) is 0. The molecule has 2 saturated carbocycles. The van der Waals surface area contributed by atoms with Crippen molar-refractivity contribution in [3.63, 3.8) is 0 Å². The van der Waals surface area contributed by atoms with Crippen LogP contribution in [0.15, 0.2) is 0 Å². The van der Waals surface area contributed by atoms with Crippen LogP contribution in [0.5, 0.6) is 0 Å². The van der Waals surface area contributed by atoms with Gasteiger partial charge in [0, 0.05) is 19.6 Å². The molecule has 2 nitrogen and oxygen atoms in total. The standard InChI is InChI=1S/C19H36O2/c1-19(14-20-2,15-21-3)18(16-10-6-4-7-11-16)17-12-8-5-9-13-17/h16-18H,4-15H2,1-3H3. The third kappa shape index (κ3) is 4.45. The van der Waals surface area contributed by atoms with Crippen molar-refractivity contribution in [3.8, 4) is 0 Å². The Hall–Kier alpha value is -0.0800. The van der Waals surface area contributed by atoms with Crippen molar-refractivity contribution >= 4 is 0 Å². The quantitative estimate of drug-likeness (QED) is 0.653. The van der Waals surface area contributed by atoms with Gasteiger partial charge in [-0.1, -0.05) is 71.1 Å². The molecule has 2 heteroatoms. The van der Waals surface area contributed by atoms with Crippen LogP contribution in [-0.4, -0.2) is 27.4 Å². The molecule has 0 unspecified atom stereocenters. The van der Waals surface area contributed by atoms with Crippen molar-refractivity contribution in [3.05, 3.63) is 0 Å². The normalized spacial score (nSPS) is 22.9. The first kappa shape index (κ1) is 17.3. The monoisotopic (exact) mass is 296 g/mol. The Morgan fingerprint density at radius 2 is 1.14 bits per heavy atom. The lowest BCUT2D eigenvalue weighted by molar-refractivity contribution is -0.0695. The van der Waals surface area contributed by atoms with E-state index in [4.69, 9.17) is 9.47 Å². The Morgan fingerprint density at radius 1 is 0.762 bits per heavy atom. The van der Waals surface area contributed by atoms with Gasteiger partial charge in [-0.05, 0) is 17.8 Å². The number of ether oxygens (including phenoxy) is 2. The van der Waals surface area contributed by atoms with E-state index in [9.17, 15) is 0 Å². The highest BCUT2D eigenvalue weighted by Crippen LogP contribution is 2.48. The average Bonchev–Trinajstić information content (AvgIpc) is 2.50. The lowest BCUT2D eigenvalue weighted by atomic mass is 9.59. The van der Waals surface area contributed by atoms with E-state index in [-0.39, 0.29) is 5.41 Å². The van der Waals surface area contributed by atoms with Crippen LogP contribution in [0.3, 0.4) is 0 Å². The van der Waals surface area contributed by atoms with Gasteiger partial charge in [-0.3, -0.25) is 0 Å². The molecule has 0 aromatic heterocycles. The van der Waals surface area contributed by atoms with E-state index in [0.717, 1.165) is 31.0 Å². The zero-order valence-electron chi connectivity index (χ0n) is 14.5. The van der Waals surface area contributed by atoms with Crippen LogP contribution < -0.4 is 0 Å². The highest BCUT2D eigenvalue weighted by molar-refractivity contribution is 4.93. The summed E-state index contributed by atoms with van der Waals surface area (Å²) >= 11 is 0. The molecule has 2 fully saturated rings. The summed E-state index contributed by atoms with van der Waals surface area (Å²) in [6, 6.07) is 0. The molecule has 2 aliphatic carbocycles. The average molecular weight is 296 g/mol. The predicted molar refractivity (Wildman–Crippen MR) is 88.5 cm³/mol. The summed E-state index contributed by atoms with van der Waals surface area (Å²) < 4.78 is 11.3. The summed E-state index contributed by atoms with van der Waals surface area (Å²) in [6.07, 6.45) is 14.4. The molecule has 0 radical (unpaired) electrons. The van der Waals surface area contributed by atoms with Crippen LogP contribution >= 0.6 is 0 Å². The lowest BCUT2D eigenvalue weighted by Gasteiger charge is -2.48. The van der Waals surface area contributed by atoms with E-state index in [1.165, 1.54) is 64.2 Å². The fourth-order valence-corrected chi connectivity index (χ4v) is 5.40. The molecular weight excluding hydrogens is 260 g/mol. The molecule has 0 atom stereocenters. The lowest BCUT2D eigenvalue weighted by Crippen LogP contribution is -2.45. The molecule has 124 valence electrons. The molecule has 0 aromatic rings. The Morgan fingerprint density at radius 3 is 1.48 bits per heavy atom. The molecule has 0 aliphatic heterocycles. The summed E-state index contributed by atoms with van der Waals surface area (Å²) in [5, 5.41) is 0. The van der Waals surface area contributed by atoms with Crippen LogP contribution in [0.2, 0.25) is 0 Å². The third-order valence-electron chi connectivity index (χ3n) is 6.07. The van der Waals surface area contributed by atoms with Gasteiger partial charge in [-0.25, -0.2) is 0 Å². The second-order valence-corrected chi connectivity index (χ2v) is 7.84. The summed E-state index contributed by atoms with van der Waals surface area (Å²) in [5.74, 6) is 2.59. The minimum atomic E-state index is 0.188. The third-order valence-corrected chi connectivity index (χ3v) is 6.07. The molecule has 0 N–H and O–H groups in total. The maximum atomic E-state index is 5.64. The second kappa shape index (κ2) is 8.53. The van der Waals surface area contributed by atoms with Crippen molar-refractivity contribution in [2.24, 2.45) is 23.2 Å². The second-order valence-electron chi connectivity index (χ2n) is 7.84. The smallest absolute Gasteiger partial charge is 0.0540 e. The zero-order chi connectivity index (χ0) is 15.1. The fraction of sp³-hybridized carbons (Fsp3) is 1.00. The highest BCUT2D eigenvalue weighted by atomic mass is 16.5. The van der Waals surface area contributed by atoms with E-state index >= 15 is 0 Å². The van der Waals surface area contributed by atoms with E-state index in [2.05, 4.69) is 6.92 Å². The van der Waals surface area contributed by atoms with Gasteiger partial charge in [-0.15, -0.1) is 0 Å². The van der Waals surface area contributed by atoms with Gasteiger partial charge < -0.3 is 9.47 Å². The predicted octanol–water partition coefficient (Wildman–Crippen LogP) is 5.06. The topological polar surface area (TPSA) is 18.5 Å². The molecule has 21 heavy (non-hydrogen) atoms. The molecule has 0 bridgehead atoms. The van der Waals surface area contributed by atoms with Crippen molar-refractivity contribution in [2.45, 2.75) is 71.1 Å². The fourth-order valence-electron chi connectivity index (χ4n) is 5.40. The van der Waals surface area contributed by atoms with Gasteiger partial charge in [0.15, 0.2) is 0 Å². The Balaban J connectivity index is 2.18. The van der Waals surface area contributed by atoms with Crippen LogP contribution in [0.1, 0.15) is 71.1 Å². The molecule has 0 amide bonds. The van der Waals surface area contributed by atoms with Gasteiger partial charge in [0.1, 0.15) is 0 Å². The minimum absolute atomic E-state index is 0.188. The molecular formula is C19H36O2. The number of rotatable bonds is 7. The van der Waals surface area contributed by atoms with E-state index in [0.29, 0.717) is 0 Å². The first-order valence-electron chi connectivity index (χ1n) is 9.19. The van der Waals surface area contributed by atoms with Crippen LogP contribution in [0.25, 0.3) is 0 Å². The molecule has 2 rings (SSSR count). The maximum Gasteiger partial charge on any atom is 0.0540 e. The van der Waals surface area contributed by atoms with Gasteiger partial charge in [0.25, 0.3) is 0 Å². The minimum Gasteiger partial charge on any atom is -0.384 e. The van der Waals surface area contributed by atoms with Gasteiger partial charge in [0.2, 0.25) is 0 Å². The summed E-state index contributed by atoms with van der Waals surface area (Å²) in [7, 11) is 3.71. The summed E-state index contributed by atoms with van der Waals surface area (Å²) in [4.78, 5) is 0. The molecule has 2 aliphatic rings. The Kier molecular flexibility index (Phi) is 7.01. The van der Waals surface area contributed by atoms with Crippen molar-refractivity contribution in [1.82, 2.24) is 0 Å². The SMILES string of the molecule is COCC(C)(COC)C(C1CCCCC1)C1CCCCC1. The molecule has 0 heterocycles. The largest absolute Gasteiger partial charge is 0.384 e. The van der Waals surface area contributed by atoms with Crippen LogP contribution in [-0.2, 0) is 9.47 Å². The van der Waals surface area contributed by atoms with Crippen LogP contribution in [0.4, 0.5) is 0 Å². The number of hydrogen-bond acceptors (Lipinski definition) is 2. The first-order chi connectivity index (χ1) is 10.2.